The molecule has 0 N–H and O–H groups in total. The number of ether oxygens (including phenoxy) is 2. The molecule has 0 aliphatic carbocycles. The van der Waals surface area contributed by atoms with E-state index in [-0.39, 0.29) is 0 Å². The summed E-state index contributed by atoms with van der Waals surface area (Å²) in [5.41, 5.74) is 0. The fourth-order valence-electron chi connectivity index (χ4n) is 5.56. The Morgan fingerprint density at radius 2 is 1.00 bits per heavy atom. The van der Waals surface area contributed by atoms with Gasteiger partial charge >= 0.3 is 202 Å². The molecule has 34 heavy (non-hydrogen) atoms. The van der Waals surface area contributed by atoms with Crippen molar-refractivity contribution in [3.63, 3.8) is 0 Å². The average molecular weight is 600 g/mol. The number of unbranched alkanes of at least 4 members (excludes halogenated alkanes) is 12. The van der Waals surface area contributed by atoms with Crippen LogP contribution in [0.4, 0.5) is 0 Å². The van der Waals surface area contributed by atoms with E-state index in [1.165, 1.54) is 139 Å². The van der Waals surface area contributed by atoms with Gasteiger partial charge in [0.2, 0.25) is 0 Å². The van der Waals surface area contributed by atoms with Gasteiger partial charge in [-0.2, -0.15) is 0 Å². The van der Waals surface area contributed by atoms with E-state index in [1.807, 2.05) is 0 Å². The Hall–Kier alpha value is 0.0987. The second kappa shape index (κ2) is 18.4. The van der Waals surface area contributed by atoms with Crippen molar-refractivity contribution in [2.45, 2.75) is 150 Å². The Kier molecular flexibility index (Phi) is 16.4. The molecule has 1 aromatic rings. The van der Waals surface area contributed by atoms with Gasteiger partial charge in [-0.25, -0.2) is 0 Å². The van der Waals surface area contributed by atoms with Crippen molar-refractivity contribution in [3.05, 3.63) is 4.88 Å². The predicted octanol–water partition coefficient (Wildman–Crippen LogP) is 10.0. The summed E-state index contributed by atoms with van der Waals surface area (Å²) >= 11 is -0.346. The van der Waals surface area contributed by atoms with Crippen LogP contribution >= 0.6 is 11.3 Å². The van der Waals surface area contributed by atoms with Crippen molar-refractivity contribution < 1.29 is 9.47 Å². The van der Waals surface area contributed by atoms with E-state index < -0.39 is 18.4 Å². The van der Waals surface area contributed by atoms with Crippen molar-refractivity contribution in [1.29, 1.82) is 0 Å². The molecule has 0 bridgehead atoms. The van der Waals surface area contributed by atoms with E-state index in [9.17, 15) is 0 Å². The number of hydrogen-bond acceptors (Lipinski definition) is 3. The quantitative estimate of drug-likeness (QED) is 0.103. The topological polar surface area (TPSA) is 18.5 Å². The van der Waals surface area contributed by atoms with E-state index in [4.69, 9.17) is 9.47 Å². The summed E-state index contributed by atoms with van der Waals surface area (Å²) in [7, 11) is 0. The summed E-state index contributed by atoms with van der Waals surface area (Å²) in [6, 6.07) is 0. The van der Waals surface area contributed by atoms with Crippen LogP contribution in [-0.4, -0.2) is 31.6 Å². The van der Waals surface area contributed by atoms with E-state index in [1.54, 1.807) is 2.89 Å². The molecule has 1 aliphatic rings. The summed E-state index contributed by atoms with van der Waals surface area (Å²) in [6.07, 6.45) is 23.4. The van der Waals surface area contributed by atoms with Gasteiger partial charge in [-0.1, -0.05) is 19.8 Å². The molecule has 1 aliphatic heterocycles. The van der Waals surface area contributed by atoms with Gasteiger partial charge in [0.1, 0.15) is 0 Å². The Balaban J connectivity index is 2.03. The summed E-state index contributed by atoms with van der Waals surface area (Å²) < 4.78 is 19.0. The molecule has 0 radical (unpaired) electrons. The van der Waals surface area contributed by atoms with E-state index in [0.29, 0.717) is 0 Å². The molecule has 2 rings (SSSR count). The van der Waals surface area contributed by atoms with Gasteiger partial charge in [0, 0.05) is 0 Å². The summed E-state index contributed by atoms with van der Waals surface area (Å²) in [4.78, 5) is 1.52. The third-order valence-corrected chi connectivity index (χ3v) is 27.2. The van der Waals surface area contributed by atoms with Crippen molar-refractivity contribution in [2.24, 2.45) is 0 Å². The standard InChI is InChI=1S/C18H29O2S.3C4H9.Sn/c1-2-3-4-5-6-7-8-9-10-11-12-17-18-16(15-21-17)19-13-14-20-18;3*1-3-4-2;/h2-14H2,1H3;3*1,3-4H2,2H3;. The van der Waals surface area contributed by atoms with Crippen molar-refractivity contribution in [1.82, 2.24) is 0 Å². The number of thiophene rings is 1. The molecule has 0 atom stereocenters. The molecule has 0 amide bonds. The van der Waals surface area contributed by atoms with Crippen LogP contribution in [0.25, 0.3) is 0 Å². The van der Waals surface area contributed by atoms with Gasteiger partial charge in [0.25, 0.3) is 0 Å². The maximum atomic E-state index is 6.42. The van der Waals surface area contributed by atoms with Crippen LogP contribution in [0.2, 0.25) is 13.3 Å². The Morgan fingerprint density at radius 3 is 1.50 bits per heavy atom. The van der Waals surface area contributed by atoms with Crippen LogP contribution in [0, 0.1) is 0 Å². The van der Waals surface area contributed by atoms with Gasteiger partial charge < -0.3 is 0 Å². The number of hydrogen-bond donors (Lipinski definition) is 0. The molecule has 0 saturated heterocycles. The van der Waals surface area contributed by atoms with Gasteiger partial charge in [0.15, 0.2) is 0 Å². The molecule has 1 aromatic heterocycles. The maximum absolute atomic E-state index is 6.42. The number of aryl methyl sites for hydroxylation is 1. The fourth-order valence-corrected chi connectivity index (χ4v) is 26.5. The summed E-state index contributed by atoms with van der Waals surface area (Å²) in [5.74, 6) is 2.41. The molecule has 2 nitrogen and oxygen atoms in total. The normalized spacial score (nSPS) is 13.5. The molecule has 0 unspecified atom stereocenters. The van der Waals surface area contributed by atoms with Gasteiger partial charge in [-0.15, -0.1) is 0 Å². The molecule has 0 saturated carbocycles. The van der Waals surface area contributed by atoms with Gasteiger partial charge in [-0.05, 0) is 0 Å². The first-order chi connectivity index (χ1) is 16.7. The van der Waals surface area contributed by atoms with Crippen molar-refractivity contribution in [2.75, 3.05) is 13.2 Å². The zero-order valence-corrected chi connectivity index (χ0v) is 27.0. The Bertz CT molecular complexity index is 620. The van der Waals surface area contributed by atoms with Crippen molar-refractivity contribution >= 4 is 32.6 Å². The van der Waals surface area contributed by atoms with Gasteiger partial charge in [0.05, 0.1) is 0 Å². The van der Waals surface area contributed by atoms with Gasteiger partial charge in [-0.3, -0.25) is 0 Å². The second-order valence-corrected chi connectivity index (χ2v) is 25.9. The summed E-state index contributed by atoms with van der Waals surface area (Å²) in [5, 5.41) is 0. The third-order valence-electron chi connectivity index (χ3n) is 7.73. The van der Waals surface area contributed by atoms with E-state index in [0.717, 1.165) is 13.2 Å². The fraction of sp³-hybridized carbons (Fsp3) is 0.867. The van der Waals surface area contributed by atoms with Crippen LogP contribution in [0.5, 0.6) is 11.5 Å². The van der Waals surface area contributed by atoms with Crippen molar-refractivity contribution in [3.8, 4) is 11.5 Å². The first-order valence-electron chi connectivity index (χ1n) is 15.1. The molecule has 198 valence electrons. The number of fused-ring (bicyclic) bond motifs is 1. The van der Waals surface area contributed by atoms with Crippen LogP contribution < -0.4 is 12.4 Å². The zero-order valence-electron chi connectivity index (χ0n) is 23.3. The zero-order chi connectivity index (χ0) is 24.5. The molecular formula is C30H56O2SSn. The molecule has 0 fully saturated rings. The molecule has 0 aromatic carbocycles. The third kappa shape index (κ3) is 9.86. The van der Waals surface area contributed by atoms with Crippen LogP contribution in [0.1, 0.15) is 135 Å². The Morgan fingerprint density at radius 1 is 0.559 bits per heavy atom. The SMILES string of the molecule is CCCCCCCCCCCCc1s[c]([Sn]([CH2]CCC)([CH2]CCC)[CH2]CCC)c2c1OCCO2. The molecule has 0 spiro atoms. The van der Waals surface area contributed by atoms with Crippen LogP contribution in [0.15, 0.2) is 0 Å². The molecule has 4 heteroatoms. The minimum atomic E-state index is -2.50. The average Bonchev–Trinajstić information content (AvgIpc) is 3.24. The second-order valence-electron chi connectivity index (χ2n) is 10.7. The first kappa shape index (κ1) is 30.3. The molecule has 2 heterocycles. The first-order valence-corrected chi connectivity index (χ1v) is 23.4. The Labute approximate surface area is 220 Å². The van der Waals surface area contributed by atoms with E-state index in [2.05, 4.69) is 39.0 Å². The monoisotopic (exact) mass is 600 g/mol. The van der Waals surface area contributed by atoms with E-state index >= 15 is 0 Å². The number of rotatable bonds is 21. The predicted molar refractivity (Wildman–Crippen MR) is 155 cm³/mol. The summed E-state index contributed by atoms with van der Waals surface area (Å²) in [6.45, 7) is 10.9. The van der Waals surface area contributed by atoms with Crippen LogP contribution in [0.3, 0.4) is 0 Å². The molecular weight excluding hydrogens is 543 g/mol. The van der Waals surface area contributed by atoms with Crippen LogP contribution in [-0.2, 0) is 6.42 Å². The minimum absolute atomic E-state index is 0.732.